The molecular formula is C23H18N3O5-. The van der Waals surface area contributed by atoms with Gasteiger partial charge in [-0.25, -0.2) is 4.98 Å². The van der Waals surface area contributed by atoms with Crippen molar-refractivity contribution in [2.24, 2.45) is 0 Å². The number of imidazole rings is 1. The summed E-state index contributed by atoms with van der Waals surface area (Å²) in [4.78, 5) is 18.5. The molecule has 0 aliphatic heterocycles. The highest BCUT2D eigenvalue weighted by molar-refractivity contribution is 5.83. The zero-order valence-electron chi connectivity index (χ0n) is 16.8. The highest BCUT2D eigenvalue weighted by atomic mass is 16.6. The van der Waals surface area contributed by atoms with Crippen LogP contribution in [0.1, 0.15) is 0 Å². The van der Waals surface area contributed by atoms with E-state index in [9.17, 15) is 15.2 Å². The minimum atomic E-state index is -0.542. The van der Waals surface area contributed by atoms with E-state index in [0.717, 1.165) is 11.1 Å². The van der Waals surface area contributed by atoms with Crippen LogP contribution in [0.4, 0.5) is 5.69 Å². The average molecular weight is 416 g/mol. The van der Waals surface area contributed by atoms with Gasteiger partial charge in [-0.1, -0.05) is 42.1 Å². The van der Waals surface area contributed by atoms with E-state index in [2.05, 4.69) is 9.97 Å². The average Bonchev–Trinajstić information content (AvgIpc) is 3.24. The van der Waals surface area contributed by atoms with Crippen molar-refractivity contribution >= 4 is 5.69 Å². The lowest BCUT2D eigenvalue weighted by molar-refractivity contribution is -0.385. The molecule has 0 spiro atoms. The number of non-ortho nitro benzene ring substituents is 1. The quantitative estimate of drug-likeness (QED) is 0.368. The van der Waals surface area contributed by atoms with Crippen molar-refractivity contribution in [1.29, 1.82) is 0 Å². The molecule has 0 saturated heterocycles. The standard InChI is InChI=1S/C23H19N3O5/c1-30-19-11-8-15(12-20(19)31-2)22-21(14-6-4-3-5-7-14)24-23(25-22)17-13-16(26(28)29)9-10-18(17)27/h3-13,27H,1-2H3,(H,24,25)/p-1. The largest absolute Gasteiger partial charge is 0.872 e. The summed E-state index contributed by atoms with van der Waals surface area (Å²) in [5, 5.41) is 23.6. The topological polar surface area (TPSA) is 113 Å². The second-order valence-electron chi connectivity index (χ2n) is 6.68. The minimum absolute atomic E-state index is 0.123. The van der Waals surface area contributed by atoms with Crippen molar-refractivity contribution in [1.82, 2.24) is 9.97 Å². The van der Waals surface area contributed by atoms with Gasteiger partial charge in [0, 0.05) is 28.8 Å². The molecule has 31 heavy (non-hydrogen) atoms. The Morgan fingerprint density at radius 1 is 0.903 bits per heavy atom. The molecule has 0 bridgehead atoms. The lowest BCUT2D eigenvalue weighted by Crippen LogP contribution is -1.97. The minimum Gasteiger partial charge on any atom is -0.872 e. The molecule has 0 aliphatic rings. The first-order valence-corrected chi connectivity index (χ1v) is 9.35. The van der Waals surface area contributed by atoms with Crippen LogP contribution in [0.25, 0.3) is 33.9 Å². The lowest BCUT2D eigenvalue weighted by atomic mass is 10.0. The van der Waals surface area contributed by atoms with Crippen LogP contribution in [-0.4, -0.2) is 29.1 Å². The number of rotatable bonds is 6. The van der Waals surface area contributed by atoms with Gasteiger partial charge >= 0.3 is 0 Å². The fraction of sp³-hybridized carbons (Fsp3) is 0.0870. The molecule has 1 heterocycles. The summed E-state index contributed by atoms with van der Waals surface area (Å²) in [5.41, 5.74) is 2.78. The normalized spacial score (nSPS) is 10.6. The molecule has 8 heteroatoms. The zero-order valence-corrected chi connectivity index (χ0v) is 16.8. The first-order chi connectivity index (χ1) is 15.0. The third kappa shape index (κ3) is 3.78. The van der Waals surface area contributed by atoms with E-state index in [1.54, 1.807) is 26.4 Å². The van der Waals surface area contributed by atoms with Crippen molar-refractivity contribution in [3.63, 3.8) is 0 Å². The third-order valence-electron chi connectivity index (χ3n) is 4.85. The van der Waals surface area contributed by atoms with Gasteiger partial charge in [0.1, 0.15) is 5.82 Å². The van der Waals surface area contributed by atoms with Gasteiger partial charge in [-0.15, -0.1) is 0 Å². The van der Waals surface area contributed by atoms with Crippen molar-refractivity contribution in [2.45, 2.75) is 0 Å². The fourth-order valence-corrected chi connectivity index (χ4v) is 3.32. The summed E-state index contributed by atoms with van der Waals surface area (Å²) in [6.45, 7) is 0. The first-order valence-electron chi connectivity index (χ1n) is 9.35. The number of nitro benzene ring substituents is 1. The van der Waals surface area contributed by atoms with Crippen LogP contribution in [0.5, 0.6) is 17.2 Å². The number of nitro groups is 1. The van der Waals surface area contributed by atoms with Crippen LogP contribution in [0.3, 0.4) is 0 Å². The van der Waals surface area contributed by atoms with Gasteiger partial charge < -0.3 is 19.6 Å². The van der Waals surface area contributed by atoms with Crippen LogP contribution in [0.15, 0.2) is 66.7 Å². The first kappa shape index (κ1) is 20.0. The number of nitrogens with one attached hydrogen (secondary N) is 1. The van der Waals surface area contributed by atoms with E-state index >= 15 is 0 Å². The van der Waals surface area contributed by atoms with Gasteiger partial charge in [0.25, 0.3) is 5.69 Å². The van der Waals surface area contributed by atoms with Gasteiger partial charge in [-0.05, 0) is 18.2 Å². The molecule has 1 N–H and O–H groups in total. The summed E-state index contributed by atoms with van der Waals surface area (Å²) in [5.74, 6) is 0.988. The second kappa shape index (κ2) is 8.19. The molecule has 0 atom stereocenters. The van der Waals surface area contributed by atoms with Crippen molar-refractivity contribution < 1.29 is 19.5 Å². The number of hydrogen-bond donors (Lipinski definition) is 1. The summed E-state index contributed by atoms with van der Waals surface area (Å²) >= 11 is 0. The monoisotopic (exact) mass is 416 g/mol. The van der Waals surface area contributed by atoms with Gasteiger partial charge in [-0.3, -0.25) is 10.1 Å². The number of aromatic nitrogens is 2. The summed E-state index contributed by atoms with van der Waals surface area (Å²) < 4.78 is 10.7. The summed E-state index contributed by atoms with van der Waals surface area (Å²) in [7, 11) is 3.10. The molecule has 8 nitrogen and oxygen atoms in total. The Bertz CT molecular complexity index is 1250. The van der Waals surface area contributed by atoms with Gasteiger partial charge in [0.2, 0.25) is 0 Å². The lowest BCUT2D eigenvalue weighted by Gasteiger charge is -2.10. The van der Waals surface area contributed by atoms with Gasteiger partial charge in [-0.2, -0.15) is 0 Å². The van der Waals surface area contributed by atoms with Crippen LogP contribution in [-0.2, 0) is 0 Å². The Morgan fingerprint density at radius 3 is 2.32 bits per heavy atom. The molecule has 0 radical (unpaired) electrons. The highest BCUT2D eigenvalue weighted by Gasteiger charge is 2.18. The van der Waals surface area contributed by atoms with E-state index in [0.29, 0.717) is 22.9 Å². The number of methoxy groups -OCH3 is 2. The van der Waals surface area contributed by atoms with Crippen LogP contribution in [0, 0.1) is 10.1 Å². The number of benzene rings is 3. The molecule has 3 aromatic carbocycles. The maximum atomic E-state index is 12.5. The van der Waals surface area contributed by atoms with E-state index in [1.807, 2.05) is 36.4 Å². The number of aromatic amines is 1. The molecule has 0 fully saturated rings. The van der Waals surface area contributed by atoms with E-state index in [-0.39, 0.29) is 22.8 Å². The number of ether oxygens (including phenoxy) is 2. The molecular weight excluding hydrogens is 398 g/mol. The zero-order chi connectivity index (χ0) is 22.0. The van der Waals surface area contributed by atoms with Crippen molar-refractivity contribution in [2.75, 3.05) is 14.2 Å². The smallest absolute Gasteiger partial charge is 0.270 e. The van der Waals surface area contributed by atoms with Crippen LogP contribution in [0.2, 0.25) is 0 Å². The number of H-pyrrole nitrogens is 1. The number of hydrogen-bond acceptors (Lipinski definition) is 6. The van der Waals surface area contributed by atoms with Crippen LogP contribution >= 0.6 is 0 Å². The fourth-order valence-electron chi connectivity index (χ4n) is 3.32. The van der Waals surface area contributed by atoms with Crippen molar-refractivity contribution in [3.05, 3.63) is 76.8 Å². The van der Waals surface area contributed by atoms with Crippen LogP contribution < -0.4 is 14.6 Å². The van der Waals surface area contributed by atoms with E-state index in [1.165, 1.54) is 18.2 Å². The Balaban J connectivity index is 1.93. The molecule has 156 valence electrons. The van der Waals surface area contributed by atoms with Gasteiger partial charge in [0.15, 0.2) is 11.5 Å². The Morgan fingerprint density at radius 2 is 1.65 bits per heavy atom. The highest BCUT2D eigenvalue weighted by Crippen LogP contribution is 2.39. The Kier molecular flexibility index (Phi) is 5.28. The van der Waals surface area contributed by atoms with E-state index < -0.39 is 4.92 Å². The Hall–Kier alpha value is -4.33. The molecule has 0 aliphatic carbocycles. The third-order valence-corrected chi connectivity index (χ3v) is 4.85. The molecule has 0 saturated carbocycles. The predicted molar refractivity (Wildman–Crippen MR) is 114 cm³/mol. The maximum absolute atomic E-state index is 12.5. The molecule has 1 aromatic heterocycles. The maximum Gasteiger partial charge on any atom is 0.270 e. The molecule has 4 aromatic rings. The summed E-state index contributed by atoms with van der Waals surface area (Å²) in [6.07, 6.45) is 0. The molecule has 0 unspecified atom stereocenters. The SMILES string of the molecule is COc1ccc(-c2nc(-c3cc([N+](=O)[O-])ccc3[O-])[nH]c2-c2ccccc2)cc1OC. The Labute approximate surface area is 177 Å². The number of nitrogens with zero attached hydrogens (tertiary/aromatic N) is 2. The predicted octanol–water partition coefficient (Wildman–Crippen LogP) is 4.41. The second-order valence-corrected chi connectivity index (χ2v) is 6.68. The molecule has 0 amide bonds. The van der Waals surface area contributed by atoms with Crippen molar-refractivity contribution in [3.8, 4) is 51.2 Å². The molecule has 4 rings (SSSR count). The van der Waals surface area contributed by atoms with Gasteiger partial charge in [0.05, 0.1) is 30.5 Å². The van der Waals surface area contributed by atoms with E-state index in [4.69, 9.17) is 9.47 Å². The summed E-state index contributed by atoms with van der Waals surface area (Å²) in [6, 6.07) is 18.5.